The zero-order valence-electron chi connectivity index (χ0n) is 12.3. The smallest absolute Gasteiger partial charge is 0.243 e. The number of hydrogen-bond donors (Lipinski definition) is 0. The van der Waals surface area contributed by atoms with Crippen molar-refractivity contribution >= 4 is 31.6 Å². The third kappa shape index (κ3) is 3.57. The Balaban J connectivity index is 1.72. The van der Waals surface area contributed by atoms with Crippen LogP contribution >= 0.6 is 15.9 Å². The molecule has 0 amide bonds. The van der Waals surface area contributed by atoms with Crippen LogP contribution in [0.25, 0.3) is 0 Å². The lowest BCUT2D eigenvalue weighted by molar-refractivity contribution is 0.385. The summed E-state index contributed by atoms with van der Waals surface area (Å²) in [5.41, 5.74) is 1.07. The van der Waals surface area contributed by atoms with Crippen molar-refractivity contribution in [2.24, 2.45) is 0 Å². The van der Waals surface area contributed by atoms with Crippen LogP contribution in [-0.2, 0) is 10.0 Å². The van der Waals surface area contributed by atoms with Crippen LogP contribution in [0.2, 0.25) is 0 Å². The van der Waals surface area contributed by atoms with E-state index in [0.29, 0.717) is 26.2 Å². The van der Waals surface area contributed by atoms with Gasteiger partial charge >= 0.3 is 0 Å². The van der Waals surface area contributed by atoms with Gasteiger partial charge in [-0.3, -0.25) is 0 Å². The van der Waals surface area contributed by atoms with E-state index < -0.39 is 15.8 Å². The van der Waals surface area contributed by atoms with Crippen molar-refractivity contribution in [1.82, 2.24) is 4.31 Å². The maximum atomic E-state index is 13.0. The van der Waals surface area contributed by atoms with Crippen molar-refractivity contribution in [1.29, 1.82) is 0 Å². The molecule has 0 radical (unpaired) electrons. The van der Waals surface area contributed by atoms with E-state index in [1.54, 1.807) is 0 Å². The number of rotatable bonds is 3. The molecule has 23 heavy (non-hydrogen) atoms. The normalized spacial score (nSPS) is 16.5. The fourth-order valence-corrected chi connectivity index (χ4v) is 4.42. The molecular formula is C16H16BrFN2O2S. The minimum absolute atomic E-state index is 0.134. The Morgan fingerprint density at radius 3 is 2.22 bits per heavy atom. The van der Waals surface area contributed by atoms with Crippen LogP contribution in [0.1, 0.15) is 0 Å². The van der Waals surface area contributed by atoms with Gasteiger partial charge in [0.25, 0.3) is 0 Å². The summed E-state index contributed by atoms with van der Waals surface area (Å²) in [6.07, 6.45) is 0. The summed E-state index contributed by atoms with van der Waals surface area (Å²) in [6, 6.07) is 12.9. The molecule has 0 saturated carbocycles. The standard InChI is InChI=1S/C16H16BrFN2O2S/c17-13-2-1-3-15(12-13)19-8-10-20(11-9-19)23(21,22)16-6-4-14(18)5-7-16/h1-7,12H,8-11H2. The lowest BCUT2D eigenvalue weighted by atomic mass is 10.2. The Kier molecular flexibility index (Phi) is 4.70. The van der Waals surface area contributed by atoms with E-state index in [9.17, 15) is 12.8 Å². The van der Waals surface area contributed by atoms with E-state index in [0.717, 1.165) is 10.2 Å². The van der Waals surface area contributed by atoms with Gasteiger partial charge in [-0.2, -0.15) is 4.31 Å². The average Bonchev–Trinajstić information content (AvgIpc) is 2.55. The second kappa shape index (κ2) is 6.59. The summed E-state index contributed by atoms with van der Waals surface area (Å²) in [5.74, 6) is -0.441. The van der Waals surface area contributed by atoms with Crippen LogP contribution in [-0.4, -0.2) is 38.9 Å². The molecule has 7 heteroatoms. The maximum absolute atomic E-state index is 13.0. The summed E-state index contributed by atoms with van der Waals surface area (Å²) in [6.45, 7) is 2.06. The molecule has 122 valence electrons. The SMILES string of the molecule is O=S(=O)(c1ccc(F)cc1)N1CCN(c2cccc(Br)c2)CC1. The third-order valence-corrected chi connectivity index (χ3v) is 6.27. The van der Waals surface area contributed by atoms with Gasteiger partial charge < -0.3 is 4.90 Å². The molecule has 1 saturated heterocycles. The molecule has 0 aliphatic carbocycles. The van der Waals surface area contributed by atoms with Crippen molar-refractivity contribution in [2.45, 2.75) is 4.90 Å². The van der Waals surface area contributed by atoms with Crippen LogP contribution in [0.3, 0.4) is 0 Å². The van der Waals surface area contributed by atoms with Crippen LogP contribution in [0.15, 0.2) is 57.9 Å². The van der Waals surface area contributed by atoms with Crippen LogP contribution < -0.4 is 4.90 Å². The lowest BCUT2D eigenvalue weighted by Crippen LogP contribution is -2.48. The molecule has 0 N–H and O–H groups in total. The predicted molar refractivity (Wildman–Crippen MR) is 91.5 cm³/mol. The highest BCUT2D eigenvalue weighted by Crippen LogP contribution is 2.23. The van der Waals surface area contributed by atoms with Gasteiger partial charge in [0.15, 0.2) is 0 Å². The first-order valence-corrected chi connectivity index (χ1v) is 9.46. The van der Waals surface area contributed by atoms with Gasteiger partial charge in [-0.25, -0.2) is 12.8 Å². The highest BCUT2D eigenvalue weighted by atomic mass is 79.9. The first kappa shape index (κ1) is 16.4. The number of hydrogen-bond acceptors (Lipinski definition) is 3. The molecule has 0 bridgehead atoms. The number of piperazine rings is 1. The van der Waals surface area contributed by atoms with E-state index in [-0.39, 0.29) is 4.90 Å². The summed E-state index contributed by atoms with van der Waals surface area (Å²) in [4.78, 5) is 2.29. The van der Waals surface area contributed by atoms with Crippen LogP contribution in [0.4, 0.5) is 10.1 Å². The highest BCUT2D eigenvalue weighted by Gasteiger charge is 2.28. The molecule has 2 aromatic rings. The van der Waals surface area contributed by atoms with E-state index in [2.05, 4.69) is 20.8 Å². The van der Waals surface area contributed by atoms with Crippen molar-refractivity contribution in [3.63, 3.8) is 0 Å². The molecule has 0 spiro atoms. The molecule has 1 heterocycles. The van der Waals surface area contributed by atoms with Gasteiger partial charge in [0.2, 0.25) is 10.0 Å². The van der Waals surface area contributed by atoms with Gasteiger partial charge in [-0.05, 0) is 42.5 Å². The van der Waals surface area contributed by atoms with Crippen molar-refractivity contribution in [3.8, 4) is 0 Å². The fourth-order valence-electron chi connectivity index (χ4n) is 2.62. The molecule has 1 aliphatic rings. The average molecular weight is 399 g/mol. The van der Waals surface area contributed by atoms with E-state index in [4.69, 9.17) is 0 Å². The first-order chi connectivity index (χ1) is 11.0. The number of benzene rings is 2. The Morgan fingerprint density at radius 2 is 1.61 bits per heavy atom. The summed E-state index contributed by atoms with van der Waals surface area (Å²) < 4.78 is 40.6. The lowest BCUT2D eigenvalue weighted by Gasteiger charge is -2.35. The number of sulfonamides is 1. The van der Waals surface area contributed by atoms with Crippen molar-refractivity contribution < 1.29 is 12.8 Å². The van der Waals surface area contributed by atoms with E-state index in [1.165, 1.54) is 28.6 Å². The van der Waals surface area contributed by atoms with Crippen molar-refractivity contribution in [2.75, 3.05) is 31.1 Å². The molecule has 2 aromatic carbocycles. The van der Waals surface area contributed by atoms with Gasteiger partial charge in [0, 0.05) is 36.3 Å². The van der Waals surface area contributed by atoms with Gasteiger partial charge in [-0.1, -0.05) is 22.0 Å². The molecule has 0 unspecified atom stereocenters. The summed E-state index contributed by atoms with van der Waals surface area (Å²) in [7, 11) is -3.56. The number of halogens is 2. The topological polar surface area (TPSA) is 40.6 Å². The summed E-state index contributed by atoms with van der Waals surface area (Å²) in [5, 5.41) is 0. The highest BCUT2D eigenvalue weighted by molar-refractivity contribution is 9.10. The second-order valence-electron chi connectivity index (χ2n) is 5.32. The molecule has 4 nitrogen and oxygen atoms in total. The molecule has 0 atom stereocenters. The van der Waals surface area contributed by atoms with E-state index in [1.807, 2.05) is 24.3 Å². The van der Waals surface area contributed by atoms with Crippen LogP contribution in [0, 0.1) is 5.82 Å². The zero-order chi connectivity index (χ0) is 16.4. The summed E-state index contributed by atoms with van der Waals surface area (Å²) >= 11 is 3.45. The largest absolute Gasteiger partial charge is 0.369 e. The molecular weight excluding hydrogens is 383 g/mol. The third-order valence-electron chi connectivity index (χ3n) is 3.86. The van der Waals surface area contributed by atoms with Gasteiger partial charge in [-0.15, -0.1) is 0 Å². The fraction of sp³-hybridized carbons (Fsp3) is 0.250. The first-order valence-electron chi connectivity index (χ1n) is 7.23. The van der Waals surface area contributed by atoms with Gasteiger partial charge in [0.05, 0.1) is 4.90 Å². The molecule has 1 fully saturated rings. The Morgan fingerprint density at radius 1 is 0.957 bits per heavy atom. The van der Waals surface area contributed by atoms with E-state index >= 15 is 0 Å². The predicted octanol–water partition coefficient (Wildman–Crippen LogP) is 3.10. The molecule has 0 aromatic heterocycles. The Bertz CT molecular complexity index is 788. The quantitative estimate of drug-likeness (QED) is 0.797. The minimum atomic E-state index is -3.56. The Labute approximate surface area is 143 Å². The van der Waals surface area contributed by atoms with Crippen molar-refractivity contribution in [3.05, 3.63) is 58.8 Å². The maximum Gasteiger partial charge on any atom is 0.243 e. The monoisotopic (exact) mass is 398 g/mol. The molecule has 3 rings (SSSR count). The van der Waals surface area contributed by atoms with Gasteiger partial charge in [0.1, 0.15) is 5.82 Å². The number of anilines is 1. The zero-order valence-corrected chi connectivity index (χ0v) is 14.7. The van der Waals surface area contributed by atoms with Crippen LogP contribution in [0.5, 0.6) is 0 Å². The number of nitrogens with zero attached hydrogens (tertiary/aromatic N) is 2. The Hall–Kier alpha value is -1.44. The minimum Gasteiger partial charge on any atom is -0.369 e. The second-order valence-corrected chi connectivity index (χ2v) is 8.18. The molecule has 1 aliphatic heterocycles.